The number of nitrogens with one attached hydrogen (secondary N) is 2. The number of piperidine rings is 1. The molecule has 3 rings (SSSR count). The molecule has 2 amide bonds. The molecular weight excluding hydrogens is 444 g/mol. The molecule has 33 heavy (non-hydrogen) atoms. The van der Waals surface area contributed by atoms with Crippen LogP contribution in [-0.2, 0) is 4.79 Å². The first kappa shape index (κ1) is 26.4. The molecule has 3 heterocycles. The van der Waals surface area contributed by atoms with E-state index in [1.165, 1.54) is 10.9 Å². The van der Waals surface area contributed by atoms with Crippen molar-refractivity contribution < 1.29 is 9.59 Å². The molecule has 0 aromatic carbocycles. The van der Waals surface area contributed by atoms with Gasteiger partial charge in [0.05, 0.1) is 17.5 Å². The number of nitriles is 1. The average molecular weight is 477 g/mol. The van der Waals surface area contributed by atoms with Crippen LogP contribution in [0.3, 0.4) is 0 Å². The maximum Gasteiger partial charge on any atom is 0.327 e. The second kappa shape index (κ2) is 12.4. The van der Waals surface area contributed by atoms with Crippen molar-refractivity contribution in [2.24, 2.45) is 5.92 Å². The summed E-state index contributed by atoms with van der Waals surface area (Å²) in [5.41, 5.74) is 0.551. The third-order valence-corrected chi connectivity index (χ3v) is 6.14. The summed E-state index contributed by atoms with van der Waals surface area (Å²) in [4.78, 5) is 37.6. The Bertz CT molecular complexity index is 988. The quantitative estimate of drug-likeness (QED) is 0.559. The summed E-state index contributed by atoms with van der Waals surface area (Å²) in [5, 5.41) is 15.7. The van der Waals surface area contributed by atoms with Crippen molar-refractivity contribution in [1.29, 1.82) is 5.26 Å². The van der Waals surface area contributed by atoms with E-state index in [9.17, 15) is 9.59 Å². The molecule has 1 fully saturated rings. The topological polar surface area (TPSA) is 119 Å². The van der Waals surface area contributed by atoms with Crippen LogP contribution >= 0.6 is 12.4 Å². The number of nitrogens with zero attached hydrogens (tertiary/aromatic N) is 6. The van der Waals surface area contributed by atoms with Crippen LogP contribution in [0.2, 0.25) is 0 Å². The molecule has 0 unspecified atom stereocenters. The number of aromatic nitrogens is 3. The molecule has 10 nitrogen and oxygen atoms in total. The number of rotatable bonds is 8. The number of carbonyl (C=O) groups excluding carboxylic acids is 2. The van der Waals surface area contributed by atoms with Gasteiger partial charge in [0.2, 0.25) is 5.91 Å². The highest BCUT2D eigenvalue weighted by molar-refractivity contribution is 5.94. The van der Waals surface area contributed by atoms with E-state index in [1.54, 1.807) is 11.1 Å². The molecule has 2 N–H and O–H groups in total. The third-order valence-electron chi connectivity index (χ3n) is 6.14. The molecule has 0 radical (unpaired) electrons. The number of amides is 2. The summed E-state index contributed by atoms with van der Waals surface area (Å²) in [5.74, 6) is 0.935. The van der Waals surface area contributed by atoms with Gasteiger partial charge in [0.15, 0.2) is 5.65 Å². The van der Waals surface area contributed by atoms with E-state index >= 15 is 0 Å². The molecule has 11 heteroatoms. The van der Waals surface area contributed by atoms with Gasteiger partial charge in [-0.25, -0.2) is 14.8 Å². The van der Waals surface area contributed by atoms with Crippen molar-refractivity contribution in [2.75, 3.05) is 45.2 Å². The maximum absolute atomic E-state index is 12.7. The highest BCUT2D eigenvalue weighted by Gasteiger charge is 2.32. The molecule has 2 aromatic rings. The zero-order valence-electron chi connectivity index (χ0n) is 19.5. The summed E-state index contributed by atoms with van der Waals surface area (Å²) in [6, 6.07) is 3.64. The molecule has 1 aliphatic heterocycles. The summed E-state index contributed by atoms with van der Waals surface area (Å²) in [6.45, 7) is 4.89. The lowest BCUT2D eigenvalue weighted by Gasteiger charge is -2.42. The van der Waals surface area contributed by atoms with Crippen LogP contribution in [0.15, 0.2) is 18.6 Å². The first-order valence-corrected chi connectivity index (χ1v) is 11.1. The van der Waals surface area contributed by atoms with Gasteiger partial charge in [-0.2, -0.15) is 5.26 Å². The van der Waals surface area contributed by atoms with E-state index in [4.69, 9.17) is 5.26 Å². The molecular formula is C22H33ClN8O2. The molecule has 2 atom stereocenters. The molecule has 180 valence electrons. The van der Waals surface area contributed by atoms with E-state index in [2.05, 4.69) is 32.4 Å². The van der Waals surface area contributed by atoms with Gasteiger partial charge >= 0.3 is 6.03 Å². The van der Waals surface area contributed by atoms with Crippen molar-refractivity contribution >= 4 is 41.2 Å². The van der Waals surface area contributed by atoms with Crippen LogP contribution in [0, 0.1) is 17.2 Å². The van der Waals surface area contributed by atoms with Crippen LogP contribution in [0.5, 0.6) is 0 Å². The predicted octanol–water partition coefficient (Wildman–Crippen LogP) is 2.00. The fourth-order valence-electron chi connectivity index (χ4n) is 4.21. The highest BCUT2D eigenvalue weighted by atomic mass is 35.5. The van der Waals surface area contributed by atoms with Crippen LogP contribution < -0.4 is 15.5 Å². The summed E-state index contributed by atoms with van der Waals surface area (Å²) in [6.07, 6.45) is 5.83. The third kappa shape index (κ3) is 6.12. The average Bonchev–Trinajstić information content (AvgIpc) is 3.23. The minimum Gasteiger partial charge on any atom is -0.354 e. The SMILES string of the molecule is CNCCCCNC(=O)n1ccc2c(N(C)[C@H]3CN(C(=O)CC#N)CC[C@H]3C)ncnc21.Cl. The number of likely N-dealkylation sites (N-methyl/N-ethyl adjacent to an activating group) is 1. The summed E-state index contributed by atoms with van der Waals surface area (Å²) < 4.78 is 1.51. The van der Waals surface area contributed by atoms with Gasteiger partial charge in [-0.1, -0.05) is 6.92 Å². The lowest BCUT2D eigenvalue weighted by molar-refractivity contribution is -0.131. The molecule has 0 saturated carbocycles. The number of halogens is 1. The molecule has 1 aliphatic rings. The first-order valence-electron chi connectivity index (χ1n) is 11.1. The van der Waals surface area contributed by atoms with Gasteiger partial charge in [0, 0.05) is 32.9 Å². The number of hydrogen-bond acceptors (Lipinski definition) is 7. The number of fused-ring (bicyclic) bond motifs is 1. The molecule has 0 spiro atoms. The van der Waals surface area contributed by atoms with Crippen molar-refractivity contribution in [3.63, 3.8) is 0 Å². The van der Waals surface area contributed by atoms with E-state index < -0.39 is 0 Å². The summed E-state index contributed by atoms with van der Waals surface area (Å²) >= 11 is 0. The normalized spacial score (nSPS) is 17.8. The Morgan fingerprint density at radius 3 is 2.79 bits per heavy atom. The Kier molecular flexibility index (Phi) is 9.88. The van der Waals surface area contributed by atoms with E-state index in [-0.39, 0.29) is 36.8 Å². The lowest BCUT2D eigenvalue weighted by Crippen LogP contribution is -2.52. The van der Waals surface area contributed by atoms with Gasteiger partial charge in [0.25, 0.3) is 0 Å². The van der Waals surface area contributed by atoms with Gasteiger partial charge < -0.3 is 20.4 Å². The zero-order chi connectivity index (χ0) is 23.1. The molecule has 1 saturated heterocycles. The second-order valence-electron chi connectivity index (χ2n) is 8.28. The van der Waals surface area contributed by atoms with E-state index in [1.807, 2.05) is 26.2 Å². The lowest BCUT2D eigenvalue weighted by atomic mass is 9.92. The van der Waals surface area contributed by atoms with Crippen molar-refractivity contribution in [1.82, 2.24) is 30.1 Å². The Balaban J connectivity index is 0.00000385. The number of unbranched alkanes of at least 4 members (excludes halogenated alkanes) is 1. The van der Waals surface area contributed by atoms with Crippen molar-refractivity contribution in [2.45, 2.75) is 38.6 Å². The number of carbonyl (C=O) groups is 2. The molecule has 0 bridgehead atoms. The fraction of sp³-hybridized carbons (Fsp3) is 0.591. The van der Waals surface area contributed by atoms with Gasteiger partial charge in [0.1, 0.15) is 18.6 Å². The molecule has 2 aromatic heterocycles. The highest BCUT2D eigenvalue weighted by Crippen LogP contribution is 2.29. The van der Waals surface area contributed by atoms with Crippen molar-refractivity contribution in [3.05, 3.63) is 18.6 Å². The Labute approximate surface area is 200 Å². The van der Waals surface area contributed by atoms with Gasteiger partial charge in [-0.3, -0.25) is 9.36 Å². The second-order valence-corrected chi connectivity index (χ2v) is 8.28. The zero-order valence-corrected chi connectivity index (χ0v) is 20.3. The number of likely N-dealkylation sites (tertiary alicyclic amines) is 1. The van der Waals surface area contributed by atoms with E-state index in [0.717, 1.165) is 37.0 Å². The predicted molar refractivity (Wildman–Crippen MR) is 130 cm³/mol. The fourth-order valence-corrected chi connectivity index (χ4v) is 4.21. The van der Waals surface area contributed by atoms with Crippen LogP contribution in [-0.4, -0.2) is 77.7 Å². The van der Waals surface area contributed by atoms with Gasteiger partial charge in [-0.15, -0.1) is 12.4 Å². The Hall–Kier alpha value is -2.90. The monoisotopic (exact) mass is 476 g/mol. The minimum atomic E-state index is -0.212. The largest absolute Gasteiger partial charge is 0.354 e. The van der Waals surface area contributed by atoms with Crippen LogP contribution in [0.1, 0.15) is 32.6 Å². The Morgan fingerprint density at radius 1 is 1.30 bits per heavy atom. The Morgan fingerprint density at radius 2 is 2.06 bits per heavy atom. The standard InChI is InChI=1S/C22H32N8O2.ClH/c1-16-7-12-29(19(31)6-9-23)14-18(16)28(3)20-17-8-13-30(21(17)27-15-26-20)22(32)25-11-5-4-10-24-2;/h8,13,15-16,18,24H,4-7,10-12,14H2,1-3H3,(H,25,32);1H/t16-,18+;/m1./s1. The first-order chi connectivity index (χ1) is 15.5. The number of anilines is 1. The van der Waals surface area contributed by atoms with Crippen molar-refractivity contribution in [3.8, 4) is 6.07 Å². The van der Waals surface area contributed by atoms with E-state index in [0.29, 0.717) is 31.2 Å². The molecule has 0 aliphatic carbocycles. The maximum atomic E-state index is 12.7. The van der Waals surface area contributed by atoms with Gasteiger partial charge in [-0.05, 0) is 44.8 Å². The number of hydrogen-bond donors (Lipinski definition) is 2. The van der Waals surface area contributed by atoms with Crippen LogP contribution in [0.25, 0.3) is 11.0 Å². The van der Waals surface area contributed by atoms with Crippen LogP contribution in [0.4, 0.5) is 10.6 Å². The minimum absolute atomic E-state index is 0. The smallest absolute Gasteiger partial charge is 0.327 e. The summed E-state index contributed by atoms with van der Waals surface area (Å²) in [7, 11) is 3.87.